The first-order valence-electron chi connectivity index (χ1n) is 6.16. The molecule has 0 bridgehead atoms. The monoisotopic (exact) mass is 301 g/mol. The molecule has 0 saturated heterocycles. The number of benzene rings is 2. The second-order valence-corrected chi connectivity index (χ2v) is 5.27. The zero-order valence-electron chi connectivity index (χ0n) is 10.5. The Labute approximate surface area is 127 Å². The first-order valence-corrected chi connectivity index (χ1v) is 6.92. The molecule has 98 valence electrons. The second kappa shape index (κ2) is 5.66. The molecule has 0 spiro atoms. The van der Waals surface area contributed by atoms with E-state index in [2.05, 4.69) is 0 Å². The van der Waals surface area contributed by atoms with Crippen molar-refractivity contribution in [1.29, 1.82) is 0 Å². The van der Waals surface area contributed by atoms with E-state index < -0.39 is 0 Å². The number of rotatable bonds is 2. The lowest BCUT2D eigenvalue weighted by molar-refractivity contribution is 0.566. The smallest absolute Gasteiger partial charge is 0.216 e. The maximum Gasteiger partial charge on any atom is 0.360 e. The van der Waals surface area contributed by atoms with Gasteiger partial charge in [-0.3, -0.25) is 0 Å². The van der Waals surface area contributed by atoms with Crippen LogP contribution in [0.4, 0.5) is 0 Å². The van der Waals surface area contributed by atoms with Gasteiger partial charge in [0.2, 0.25) is 0 Å². The van der Waals surface area contributed by atoms with Crippen LogP contribution < -0.4 is 0 Å². The molecule has 0 radical (unpaired) electrons. The molecule has 1 aromatic heterocycles. The molecule has 20 heavy (non-hydrogen) atoms. The Morgan fingerprint density at radius 3 is 1.75 bits per heavy atom. The lowest BCUT2D eigenvalue weighted by Crippen LogP contribution is -1.81. The molecule has 1 nitrogen and oxygen atoms in total. The summed E-state index contributed by atoms with van der Waals surface area (Å²) in [6, 6.07) is 19.2. The van der Waals surface area contributed by atoms with Crippen LogP contribution in [0.1, 0.15) is 0 Å². The molecule has 0 atom stereocenters. The summed E-state index contributed by atoms with van der Waals surface area (Å²) in [6.45, 7) is 0. The topological polar surface area (TPSA) is 11.3 Å². The molecule has 0 aliphatic rings. The quantitative estimate of drug-likeness (QED) is 0.513. The standard InChI is InChI=1S/C17H11Cl2O/c18-15-5-1-12(2-6-15)14-9-10-20-17(11-14)13-3-7-16(19)8-4-13/h1-11H/q+1. The highest BCUT2D eigenvalue weighted by molar-refractivity contribution is 6.30. The summed E-state index contributed by atoms with van der Waals surface area (Å²) < 4.78 is 5.57. The van der Waals surface area contributed by atoms with Crippen LogP contribution in [-0.4, -0.2) is 0 Å². The van der Waals surface area contributed by atoms with Crippen molar-refractivity contribution in [1.82, 2.24) is 0 Å². The molecular weight excluding hydrogens is 291 g/mol. The summed E-state index contributed by atoms with van der Waals surface area (Å²) in [4.78, 5) is 0. The Bertz CT molecular complexity index is 658. The summed E-state index contributed by atoms with van der Waals surface area (Å²) in [7, 11) is 0. The second-order valence-electron chi connectivity index (χ2n) is 4.40. The Morgan fingerprint density at radius 2 is 1.15 bits per heavy atom. The molecule has 0 amide bonds. The van der Waals surface area contributed by atoms with Crippen molar-refractivity contribution in [3.63, 3.8) is 0 Å². The predicted octanol–water partition coefficient (Wildman–Crippen LogP) is 6.20. The van der Waals surface area contributed by atoms with Gasteiger partial charge in [0, 0.05) is 16.1 Å². The highest BCUT2D eigenvalue weighted by atomic mass is 35.5. The summed E-state index contributed by atoms with van der Waals surface area (Å²) in [5.74, 6) is 0.800. The van der Waals surface area contributed by atoms with Gasteiger partial charge in [-0.2, -0.15) is 0 Å². The fourth-order valence-corrected chi connectivity index (χ4v) is 2.24. The van der Waals surface area contributed by atoms with Crippen LogP contribution >= 0.6 is 23.2 Å². The van der Waals surface area contributed by atoms with Crippen molar-refractivity contribution < 1.29 is 4.42 Å². The lowest BCUT2D eigenvalue weighted by atomic mass is 10.0. The van der Waals surface area contributed by atoms with Gasteiger partial charge in [-0.15, -0.1) is 0 Å². The highest BCUT2D eigenvalue weighted by Crippen LogP contribution is 2.27. The Balaban J connectivity index is 2.01. The van der Waals surface area contributed by atoms with Gasteiger partial charge >= 0.3 is 12.0 Å². The molecule has 0 aliphatic carbocycles. The third-order valence-corrected chi connectivity index (χ3v) is 3.54. The van der Waals surface area contributed by atoms with E-state index in [0.29, 0.717) is 5.02 Å². The van der Waals surface area contributed by atoms with E-state index in [1.807, 2.05) is 60.7 Å². The predicted molar refractivity (Wildman–Crippen MR) is 84.0 cm³/mol. The van der Waals surface area contributed by atoms with Crippen molar-refractivity contribution in [3.05, 3.63) is 77.0 Å². The molecule has 0 unspecified atom stereocenters. The summed E-state index contributed by atoms with van der Waals surface area (Å²) in [5, 5.41) is 1.44. The van der Waals surface area contributed by atoms with E-state index in [9.17, 15) is 0 Å². The largest absolute Gasteiger partial charge is 0.360 e. The van der Waals surface area contributed by atoms with E-state index >= 15 is 0 Å². The van der Waals surface area contributed by atoms with Crippen molar-refractivity contribution in [3.8, 4) is 22.5 Å². The van der Waals surface area contributed by atoms with Crippen molar-refractivity contribution in [2.45, 2.75) is 0 Å². The van der Waals surface area contributed by atoms with E-state index in [4.69, 9.17) is 27.6 Å². The van der Waals surface area contributed by atoms with Crippen LogP contribution in [0.3, 0.4) is 0 Å². The molecule has 3 aromatic rings. The molecule has 0 aliphatic heterocycles. The van der Waals surface area contributed by atoms with Gasteiger partial charge in [-0.1, -0.05) is 35.3 Å². The molecule has 1 heterocycles. The molecule has 2 aromatic carbocycles. The normalized spacial score (nSPS) is 10.5. The third-order valence-electron chi connectivity index (χ3n) is 3.04. The van der Waals surface area contributed by atoms with Gasteiger partial charge in [-0.05, 0) is 47.5 Å². The fourth-order valence-electron chi connectivity index (χ4n) is 1.99. The molecule has 0 fully saturated rings. The Morgan fingerprint density at radius 1 is 0.600 bits per heavy atom. The highest BCUT2D eigenvalue weighted by Gasteiger charge is 2.12. The average molecular weight is 302 g/mol. The van der Waals surface area contributed by atoms with Gasteiger partial charge in [0.05, 0.1) is 11.6 Å². The molecule has 0 N–H and O–H groups in total. The number of hydrogen-bond acceptors (Lipinski definition) is 0. The van der Waals surface area contributed by atoms with E-state index in [1.54, 1.807) is 6.26 Å². The van der Waals surface area contributed by atoms with Crippen LogP contribution in [-0.2, 0) is 0 Å². The Kier molecular flexibility index (Phi) is 3.72. The molecule has 3 heteroatoms. The minimum Gasteiger partial charge on any atom is -0.216 e. The van der Waals surface area contributed by atoms with Crippen LogP contribution in [0.5, 0.6) is 0 Å². The van der Waals surface area contributed by atoms with Crippen LogP contribution in [0.15, 0.2) is 71.3 Å². The Hall–Kier alpha value is -1.83. The van der Waals surface area contributed by atoms with Gasteiger partial charge in [0.25, 0.3) is 0 Å². The molecule has 3 rings (SSSR count). The maximum absolute atomic E-state index is 5.91. The first-order chi connectivity index (χ1) is 9.72. The minimum absolute atomic E-state index is 0.711. The van der Waals surface area contributed by atoms with Crippen molar-refractivity contribution in [2.24, 2.45) is 0 Å². The zero-order chi connectivity index (χ0) is 13.9. The minimum atomic E-state index is 0.711. The third kappa shape index (κ3) is 2.84. The lowest BCUT2D eigenvalue weighted by Gasteiger charge is -2.00. The van der Waals surface area contributed by atoms with Gasteiger partial charge in [-0.25, -0.2) is 4.42 Å². The fraction of sp³-hybridized carbons (Fsp3) is 0. The maximum atomic E-state index is 5.91. The zero-order valence-corrected chi connectivity index (χ0v) is 12.0. The van der Waals surface area contributed by atoms with Crippen LogP contribution in [0.2, 0.25) is 10.0 Å². The molecular formula is C17H11Cl2O+. The van der Waals surface area contributed by atoms with Gasteiger partial charge < -0.3 is 0 Å². The van der Waals surface area contributed by atoms with Gasteiger partial charge in [0.1, 0.15) is 0 Å². The summed E-state index contributed by atoms with van der Waals surface area (Å²) in [6.07, 6.45) is 1.69. The van der Waals surface area contributed by atoms with Crippen molar-refractivity contribution >= 4 is 23.2 Å². The first kappa shape index (κ1) is 13.2. The van der Waals surface area contributed by atoms with E-state index in [1.165, 1.54) is 0 Å². The SMILES string of the molecule is Clc1ccc(-c2cc[o+]c(-c3ccc(Cl)cc3)c2)cc1. The van der Waals surface area contributed by atoms with E-state index in [0.717, 1.165) is 27.5 Å². The number of halogens is 2. The van der Waals surface area contributed by atoms with Crippen LogP contribution in [0, 0.1) is 0 Å². The summed E-state index contributed by atoms with van der Waals surface area (Å²) >= 11 is 11.8. The average Bonchev–Trinajstić information content (AvgIpc) is 2.49. The van der Waals surface area contributed by atoms with E-state index in [-0.39, 0.29) is 0 Å². The number of hydrogen-bond donors (Lipinski definition) is 0. The van der Waals surface area contributed by atoms with Crippen molar-refractivity contribution in [2.75, 3.05) is 0 Å². The summed E-state index contributed by atoms with van der Waals surface area (Å²) in [5.41, 5.74) is 3.17. The molecule has 0 saturated carbocycles. The van der Waals surface area contributed by atoms with Gasteiger partial charge in [0.15, 0.2) is 0 Å². The van der Waals surface area contributed by atoms with Crippen LogP contribution in [0.25, 0.3) is 22.5 Å².